The molecular weight excluding hydrogens is 342 g/mol. The summed E-state index contributed by atoms with van der Waals surface area (Å²) in [6.07, 6.45) is 2.09. The molecule has 0 radical (unpaired) electrons. The van der Waals surface area contributed by atoms with E-state index in [0.29, 0.717) is 37.2 Å². The molecule has 1 heterocycles. The average molecular weight is 365 g/mol. The van der Waals surface area contributed by atoms with Crippen molar-refractivity contribution in [2.24, 2.45) is 0 Å². The van der Waals surface area contributed by atoms with Gasteiger partial charge in [-0.1, -0.05) is 42.5 Å². The second kappa shape index (κ2) is 9.24. The summed E-state index contributed by atoms with van der Waals surface area (Å²) in [5.41, 5.74) is 2.07. The number of imide groups is 1. The van der Waals surface area contributed by atoms with Crippen molar-refractivity contribution in [2.75, 3.05) is 19.8 Å². The van der Waals surface area contributed by atoms with Crippen LogP contribution < -0.4 is 0 Å². The van der Waals surface area contributed by atoms with Gasteiger partial charge in [0.05, 0.1) is 17.7 Å². The van der Waals surface area contributed by atoms with Gasteiger partial charge in [0.1, 0.15) is 5.78 Å². The van der Waals surface area contributed by atoms with Gasteiger partial charge in [0, 0.05) is 26.0 Å². The van der Waals surface area contributed by atoms with Crippen molar-refractivity contribution >= 4 is 17.6 Å². The summed E-state index contributed by atoms with van der Waals surface area (Å²) in [5.74, 6) is -0.585. The molecule has 0 aromatic heterocycles. The molecule has 0 fully saturated rings. The fourth-order valence-electron chi connectivity index (χ4n) is 3.11. The zero-order valence-electron chi connectivity index (χ0n) is 15.2. The molecule has 0 unspecified atom stereocenters. The monoisotopic (exact) mass is 365 g/mol. The number of nitrogens with zero attached hydrogens (tertiary/aromatic N) is 1. The highest BCUT2D eigenvalue weighted by Gasteiger charge is 2.34. The number of hydrogen-bond acceptors (Lipinski definition) is 4. The number of hydrogen-bond donors (Lipinski definition) is 0. The van der Waals surface area contributed by atoms with Gasteiger partial charge < -0.3 is 4.74 Å². The number of amides is 2. The average Bonchev–Trinajstić information content (AvgIpc) is 2.94. The van der Waals surface area contributed by atoms with Gasteiger partial charge in [-0.3, -0.25) is 19.3 Å². The number of rotatable bonds is 10. The molecule has 0 aliphatic carbocycles. The summed E-state index contributed by atoms with van der Waals surface area (Å²) in [6, 6.07) is 16.9. The van der Waals surface area contributed by atoms with Crippen molar-refractivity contribution in [3.8, 4) is 0 Å². The van der Waals surface area contributed by atoms with Crippen LogP contribution in [0.3, 0.4) is 0 Å². The van der Waals surface area contributed by atoms with E-state index in [1.807, 2.05) is 18.2 Å². The third kappa shape index (κ3) is 4.89. The summed E-state index contributed by atoms with van der Waals surface area (Å²) in [7, 11) is 0. The van der Waals surface area contributed by atoms with Gasteiger partial charge in [0.15, 0.2) is 0 Å². The van der Waals surface area contributed by atoms with Gasteiger partial charge in [0.25, 0.3) is 11.8 Å². The SMILES string of the molecule is O=C(CCCOCCc1ccccc1)CCN1C(=O)c2ccccc2C1=O. The molecule has 0 bridgehead atoms. The molecule has 0 saturated heterocycles. The van der Waals surface area contributed by atoms with Gasteiger partial charge in [0.2, 0.25) is 0 Å². The van der Waals surface area contributed by atoms with E-state index < -0.39 is 0 Å². The van der Waals surface area contributed by atoms with E-state index in [9.17, 15) is 14.4 Å². The quantitative estimate of drug-likeness (QED) is 0.479. The molecule has 27 heavy (non-hydrogen) atoms. The van der Waals surface area contributed by atoms with Crippen LogP contribution in [0.4, 0.5) is 0 Å². The Morgan fingerprint density at radius 2 is 1.44 bits per heavy atom. The molecule has 0 N–H and O–H groups in total. The summed E-state index contributed by atoms with van der Waals surface area (Å²) < 4.78 is 5.57. The van der Waals surface area contributed by atoms with E-state index in [1.165, 1.54) is 10.5 Å². The normalized spacial score (nSPS) is 13.1. The van der Waals surface area contributed by atoms with E-state index in [2.05, 4.69) is 12.1 Å². The van der Waals surface area contributed by atoms with Crippen LogP contribution in [-0.2, 0) is 16.0 Å². The molecule has 1 aliphatic heterocycles. The van der Waals surface area contributed by atoms with E-state index >= 15 is 0 Å². The first-order valence-electron chi connectivity index (χ1n) is 9.25. The second-order valence-electron chi connectivity index (χ2n) is 6.55. The van der Waals surface area contributed by atoms with Crippen LogP contribution in [-0.4, -0.2) is 42.3 Å². The number of ketones is 1. The first-order valence-corrected chi connectivity index (χ1v) is 9.25. The van der Waals surface area contributed by atoms with Crippen LogP contribution in [0.15, 0.2) is 54.6 Å². The lowest BCUT2D eigenvalue weighted by Gasteiger charge is -2.13. The van der Waals surface area contributed by atoms with Gasteiger partial charge in [-0.15, -0.1) is 0 Å². The maximum atomic E-state index is 12.2. The molecule has 2 amide bonds. The summed E-state index contributed by atoms with van der Waals surface area (Å²) in [5, 5.41) is 0. The van der Waals surface area contributed by atoms with Crippen LogP contribution in [0.2, 0.25) is 0 Å². The van der Waals surface area contributed by atoms with Crippen molar-refractivity contribution in [3.63, 3.8) is 0 Å². The number of fused-ring (bicyclic) bond motifs is 1. The molecule has 3 rings (SSSR count). The highest BCUT2D eigenvalue weighted by Crippen LogP contribution is 2.22. The third-order valence-corrected chi connectivity index (χ3v) is 4.61. The van der Waals surface area contributed by atoms with Crippen LogP contribution in [0.5, 0.6) is 0 Å². The Morgan fingerprint density at radius 1 is 0.815 bits per heavy atom. The lowest BCUT2D eigenvalue weighted by atomic mass is 10.1. The fraction of sp³-hybridized carbons (Fsp3) is 0.318. The number of carbonyl (C=O) groups is 3. The van der Waals surface area contributed by atoms with Crippen molar-refractivity contribution in [2.45, 2.75) is 25.7 Å². The minimum absolute atomic E-state index is 0.0400. The predicted octanol–water partition coefficient (Wildman–Crippen LogP) is 3.28. The van der Waals surface area contributed by atoms with Crippen molar-refractivity contribution in [1.82, 2.24) is 4.90 Å². The maximum Gasteiger partial charge on any atom is 0.261 e. The van der Waals surface area contributed by atoms with Crippen molar-refractivity contribution in [1.29, 1.82) is 0 Å². The van der Waals surface area contributed by atoms with Gasteiger partial charge >= 0.3 is 0 Å². The summed E-state index contributed by atoms with van der Waals surface area (Å²) in [4.78, 5) is 37.7. The van der Waals surface area contributed by atoms with E-state index in [0.717, 1.165) is 6.42 Å². The highest BCUT2D eigenvalue weighted by atomic mass is 16.5. The molecule has 0 saturated carbocycles. The first kappa shape index (κ1) is 19.0. The number of Topliss-reactive ketones (excluding diaryl/α,β-unsaturated/α-hetero) is 1. The van der Waals surface area contributed by atoms with E-state index in [-0.39, 0.29) is 30.6 Å². The topological polar surface area (TPSA) is 63.7 Å². The molecule has 0 atom stereocenters. The number of benzene rings is 2. The Bertz CT molecular complexity index is 781. The Labute approximate surface area is 158 Å². The lowest BCUT2D eigenvalue weighted by Crippen LogP contribution is -2.31. The Morgan fingerprint density at radius 3 is 2.11 bits per heavy atom. The van der Waals surface area contributed by atoms with Gasteiger partial charge in [-0.25, -0.2) is 0 Å². The predicted molar refractivity (Wildman–Crippen MR) is 102 cm³/mol. The van der Waals surface area contributed by atoms with Crippen molar-refractivity contribution in [3.05, 3.63) is 71.3 Å². The maximum absolute atomic E-state index is 12.2. The molecule has 2 aromatic rings. The second-order valence-corrected chi connectivity index (χ2v) is 6.55. The standard InChI is InChI=1S/C22H23NO4/c24-18(9-6-15-27-16-13-17-7-2-1-3-8-17)12-14-23-21(25)19-10-4-5-11-20(19)22(23)26/h1-5,7-8,10-11H,6,9,12-16H2. The van der Waals surface area contributed by atoms with Crippen LogP contribution in [0.25, 0.3) is 0 Å². The molecular formula is C22H23NO4. The number of ether oxygens (including phenoxy) is 1. The van der Waals surface area contributed by atoms with Crippen LogP contribution >= 0.6 is 0 Å². The summed E-state index contributed by atoms with van der Waals surface area (Å²) >= 11 is 0. The van der Waals surface area contributed by atoms with Gasteiger partial charge in [-0.2, -0.15) is 0 Å². The van der Waals surface area contributed by atoms with Crippen molar-refractivity contribution < 1.29 is 19.1 Å². The minimum Gasteiger partial charge on any atom is -0.381 e. The first-order chi connectivity index (χ1) is 13.2. The zero-order chi connectivity index (χ0) is 19.1. The Balaban J connectivity index is 1.31. The smallest absolute Gasteiger partial charge is 0.261 e. The Kier molecular flexibility index (Phi) is 6.49. The van der Waals surface area contributed by atoms with E-state index in [1.54, 1.807) is 24.3 Å². The zero-order valence-corrected chi connectivity index (χ0v) is 15.2. The fourth-order valence-corrected chi connectivity index (χ4v) is 3.11. The summed E-state index contributed by atoms with van der Waals surface area (Å²) in [6.45, 7) is 1.30. The molecule has 2 aromatic carbocycles. The highest BCUT2D eigenvalue weighted by molar-refractivity contribution is 6.21. The van der Waals surface area contributed by atoms with Gasteiger partial charge in [-0.05, 0) is 30.5 Å². The molecule has 5 nitrogen and oxygen atoms in total. The molecule has 0 spiro atoms. The lowest BCUT2D eigenvalue weighted by molar-refractivity contribution is -0.119. The van der Waals surface area contributed by atoms with Crippen LogP contribution in [0.1, 0.15) is 45.5 Å². The number of carbonyl (C=O) groups excluding carboxylic acids is 3. The largest absolute Gasteiger partial charge is 0.381 e. The minimum atomic E-state index is -0.312. The molecule has 140 valence electrons. The van der Waals surface area contributed by atoms with E-state index in [4.69, 9.17) is 4.74 Å². The van der Waals surface area contributed by atoms with Crippen LogP contribution in [0, 0.1) is 0 Å². The third-order valence-electron chi connectivity index (χ3n) is 4.61. The Hall–Kier alpha value is -2.79. The molecule has 5 heteroatoms. The molecule has 1 aliphatic rings.